The maximum Gasteiger partial charge on any atom is 0.338 e. The van der Waals surface area contributed by atoms with Gasteiger partial charge in [0.2, 0.25) is 0 Å². The maximum atomic E-state index is 15.6. The number of rotatable bonds is 16. The van der Waals surface area contributed by atoms with Gasteiger partial charge in [0.25, 0.3) is 5.91 Å². The van der Waals surface area contributed by atoms with Crippen molar-refractivity contribution in [3.63, 3.8) is 0 Å². The number of carbonyl (C=O) groups excluding carboxylic acids is 4. The van der Waals surface area contributed by atoms with E-state index in [0.29, 0.717) is 16.7 Å². The topological polar surface area (TPSA) is 196 Å². The fraction of sp³-hybridized carbons (Fsp3) is 0.579. The Morgan fingerprint density at radius 1 is 0.836 bits per heavy atom. The summed E-state index contributed by atoms with van der Waals surface area (Å²) in [4.78, 5) is 58.0. The highest BCUT2D eigenvalue weighted by Gasteiger charge is 2.78. The Morgan fingerprint density at radius 3 is 1.89 bits per heavy atom. The van der Waals surface area contributed by atoms with Gasteiger partial charge in [0.05, 0.1) is 36.3 Å². The van der Waals surface area contributed by atoms with Crippen molar-refractivity contribution in [1.82, 2.24) is 5.32 Å². The first-order chi connectivity index (χ1) is 34.2. The highest BCUT2D eigenvalue weighted by molar-refractivity contribution is 6.74. The van der Waals surface area contributed by atoms with Crippen LogP contribution in [0.5, 0.6) is 0 Å². The van der Waals surface area contributed by atoms with Gasteiger partial charge in [-0.2, -0.15) is 0 Å². The Hall–Kier alpha value is -4.53. The summed E-state index contributed by atoms with van der Waals surface area (Å²) in [5.74, 6) is -4.04. The molecule has 4 N–H and O–H groups in total. The molecule has 3 aliphatic carbocycles. The van der Waals surface area contributed by atoms with Crippen LogP contribution in [-0.2, 0) is 37.4 Å². The van der Waals surface area contributed by atoms with Crippen molar-refractivity contribution < 1.29 is 62.3 Å². The fourth-order valence-corrected chi connectivity index (χ4v) is 16.4. The van der Waals surface area contributed by atoms with Crippen LogP contribution in [0.15, 0.2) is 102 Å². The summed E-state index contributed by atoms with van der Waals surface area (Å²) in [5.41, 5.74) is -5.29. The minimum atomic E-state index is -2.89. The molecule has 73 heavy (non-hydrogen) atoms. The molecule has 1 heterocycles. The first-order valence-corrected chi connectivity index (χ1v) is 31.5. The highest BCUT2D eigenvalue weighted by atomic mass is 28.4. The SMILES string of the molecule is CC[Si](CC)(CC)O[C@H]1C[C@H]2OC[C@@]2(OC(C)=O)[C@H]2[C@H](OC(=O)c3ccccc3)[C@]3(O)C[C@H](OC(=O)[C@H](O[Si](C)(C)C(C)(C)C)[C@@H](NC(=O)c4ccccc4)c4ccccc4)C(C)=C([C@H](O)[C@H](O)[C@]12C)C3(C)C. The molecule has 12 atom stereocenters. The molecule has 0 unspecified atom stereocenters. The van der Waals surface area contributed by atoms with Crippen molar-refractivity contribution in [2.45, 2.75) is 185 Å². The normalized spacial score (nSPS) is 30.7. The van der Waals surface area contributed by atoms with Crippen molar-refractivity contribution in [2.24, 2.45) is 16.7 Å². The first-order valence-electron chi connectivity index (χ1n) is 26.0. The van der Waals surface area contributed by atoms with Crippen LogP contribution in [0.4, 0.5) is 0 Å². The zero-order chi connectivity index (χ0) is 53.7. The number of aliphatic hydroxyl groups is 3. The van der Waals surface area contributed by atoms with Gasteiger partial charge >= 0.3 is 17.9 Å². The minimum Gasteiger partial charge on any atom is -0.456 e. The van der Waals surface area contributed by atoms with Crippen LogP contribution in [0.25, 0.3) is 0 Å². The lowest BCUT2D eigenvalue weighted by Gasteiger charge is -2.70. The highest BCUT2D eigenvalue weighted by Crippen LogP contribution is 2.66. The Morgan fingerprint density at radius 2 is 1.38 bits per heavy atom. The lowest BCUT2D eigenvalue weighted by molar-refractivity contribution is -0.363. The maximum absolute atomic E-state index is 15.6. The van der Waals surface area contributed by atoms with E-state index in [4.69, 9.17) is 27.8 Å². The number of ether oxygens (including phenoxy) is 4. The lowest BCUT2D eigenvalue weighted by atomic mass is 9.44. The first kappa shape index (κ1) is 56.2. The smallest absolute Gasteiger partial charge is 0.338 e. The van der Waals surface area contributed by atoms with Gasteiger partial charge in [-0.15, -0.1) is 0 Å². The molecule has 7 rings (SSSR count). The zero-order valence-electron chi connectivity index (χ0n) is 45.0. The van der Waals surface area contributed by atoms with Crippen LogP contribution >= 0.6 is 0 Å². The van der Waals surface area contributed by atoms with Crippen LogP contribution in [0, 0.1) is 16.7 Å². The molecule has 2 saturated carbocycles. The third-order valence-electron chi connectivity index (χ3n) is 17.9. The van der Waals surface area contributed by atoms with Gasteiger partial charge < -0.3 is 48.4 Å². The van der Waals surface area contributed by atoms with E-state index in [1.54, 1.807) is 113 Å². The number of benzene rings is 3. The summed E-state index contributed by atoms with van der Waals surface area (Å²) in [6, 6.07) is 27.2. The number of esters is 3. The average Bonchev–Trinajstić information content (AvgIpc) is 3.35. The Balaban J connectivity index is 1.44. The second kappa shape index (κ2) is 20.9. The van der Waals surface area contributed by atoms with E-state index in [1.807, 2.05) is 39.9 Å². The van der Waals surface area contributed by atoms with Crippen LogP contribution in [-0.4, -0.2) is 116 Å². The Kier molecular flexibility index (Phi) is 16.1. The van der Waals surface area contributed by atoms with E-state index in [9.17, 15) is 29.7 Å². The van der Waals surface area contributed by atoms with E-state index in [-0.39, 0.29) is 30.6 Å². The molecule has 1 aliphatic heterocycles. The van der Waals surface area contributed by atoms with E-state index in [1.165, 1.54) is 6.92 Å². The number of carbonyl (C=O) groups is 4. The molecule has 3 aromatic carbocycles. The fourth-order valence-electron chi connectivity index (χ4n) is 12.2. The van der Waals surface area contributed by atoms with Gasteiger partial charge in [0.15, 0.2) is 28.3 Å². The number of amides is 1. The Bertz CT molecular complexity index is 2500. The van der Waals surface area contributed by atoms with Gasteiger partial charge in [0.1, 0.15) is 30.0 Å². The third kappa shape index (κ3) is 9.95. The van der Waals surface area contributed by atoms with Crippen molar-refractivity contribution in [3.05, 3.63) is 119 Å². The predicted molar refractivity (Wildman–Crippen MR) is 281 cm³/mol. The van der Waals surface area contributed by atoms with Gasteiger partial charge in [-0.3, -0.25) is 9.59 Å². The molecule has 398 valence electrons. The minimum absolute atomic E-state index is 0.164. The molecule has 3 fully saturated rings. The summed E-state index contributed by atoms with van der Waals surface area (Å²) in [6.45, 7) is 24.4. The van der Waals surface area contributed by atoms with Crippen LogP contribution in [0.2, 0.25) is 36.3 Å². The van der Waals surface area contributed by atoms with Gasteiger partial charge in [-0.05, 0) is 84.2 Å². The number of hydrogen-bond acceptors (Lipinski definition) is 13. The molecular formula is C57H79NO13Si2. The van der Waals surface area contributed by atoms with Crippen molar-refractivity contribution in [1.29, 1.82) is 0 Å². The van der Waals surface area contributed by atoms with Gasteiger partial charge in [0, 0.05) is 36.2 Å². The molecule has 14 nitrogen and oxygen atoms in total. The summed E-state index contributed by atoms with van der Waals surface area (Å²) in [7, 11) is -5.45. The predicted octanol–water partition coefficient (Wildman–Crippen LogP) is 9.02. The number of aliphatic hydroxyl groups excluding tert-OH is 2. The van der Waals surface area contributed by atoms with Crippen LogP contribution in [0.3, 0.4) is 0 Å². The summed E-state index contributed by atoms with van der Waals surface area (Å²) in [6.07, 6.45) is -9.67. The monoisotopic (exact) mass is 1040 g/mol. The number of fused-ring (bicyclic) bond motifs is 5. The second-order valence-corrected chi connectivity index (χ2v) is 32.6. The summed E-state index contributed by atoms with van der Waals surface area (Å²) >= 11 is 0. The van der Waals surface area contributed by atoms with E-state index in [2.05, 4.69) is 26.1 Å². The summed E-state index contributed by atoms with van der Waals surface area (Å²) < 4.78 is 40.6. The number of hydrogen-bond donors (Lipinski definition) is 4. The molecule has 0 spiro atoms. The molecule has 16 heteroatoms. The second-order valence-electron chi connectivity index (χ2n) is 23.2. The molecule has 1 saturated heterocycles. The van der Waals surface area contributed by atoms with Gasteiger partial charge in [-0.1, -0.05) is 129 Å². The van der Waals surface area contributed by atoms with Crippen molar-refractivity contribution in [3.8, 4) is 0 Å². The van der Waals surface area contributed by atoms with Crippen LogP contribution in [0.1, 0.15) is 121 Å². The number of nitrogens with one attached hydrogen (secondary N) is 1. The third-order valence-corrected chi connectivity index (χ3v) is 27.1. The largest absolute Gasteiger partial charge is 0.456 e. The van der Waals surface area contributed by atoms with E-state index >= 15 is 4.79 Å². The van der Waals surface area contributed by atoms with Crippen LogP contribution < -0.4 is 5.32 Å². The zero-order valence-corrected chi connectivity index (χ0v) is 47.0. The molecule has 4 aliphatic rings. The molecule has 3 aromatic rings. The van der Waals surface area contributed by atoms with Crippen molar-refractivity contribution >= 4 is 40.4 Å². The molecule has 2 bridgehead atoms. The van der Waals surface area contributed by atoms with Gasteiger partial charge in [-0.25, -0.2) is 9.59 Å². The van der Waals surface area contributed by atoms with E-state index < -0.39 is 122 Å². The molecule has 1 amide bonds. The standard InChI is InChI=1S/C57H79NO13Si2/c1-14-73(15-2,16-3)70-41-32-42-56(34-66-42,69-36(5)59)47-49(68-51(63)39-30-24-19-25-31-39)57(65)33-40(35(4)43(54(57,9)10)45(60)48(61)55(41,47)11)67-52(64)46(71-72(12,13)53(6,7)8)44(37-26-20-17-21-27-37)58-50(62)38-28-22-18-23-29-38/h17-31,40-42,44-49,60-61,65H,14-16,32-34H2,1-13H3,(H,58,62)/t40-,41-,42+,44-,45-,46+,47-,48-,49-,55+,56-,57+/m0/s1. The average molecular weight is 1040 g/mol. The van der Waals surface area contributed by atoms with E-state index in [0.717, 1.165) is 18.1 Å². The quantitative estimate of drug-likeness (QED) is 0.0460. The van der Waals surface area contributed by atoms with Crippen molar-refractivity contribution in [2.75, 3.05) is 6.61 Å². The molecule has 0 radical (unpaired) electrons. The molecular weight excluding hydrogens is 963 g/mol. The Labute approximate surface area is 433 Å². The summed E-state index contributed by atoms with van der Waals surface area (Å²) in [5, 5.41) is 43.4. The lowest BCUT2D eigenvalue weighted by Crippen LogP contribution is -2.82. The molecule has 0 aromatic heterocycles.